The van der Waals surface area contributed by atoms with Crippen LogP contribution in [0.1, 0.15) is 0 Å². The molecule has 1 N–H and O–H groups in total. The van der Waals surface area contributed by atoms with Crippen molar-refractivity contribution in [3.63, 3.8) is 0 Å². The number of thiophene rings is 1. The second-order valence-corrected chi connectivity index (χ2v) is 6.63. The number of carbonyl (C=O) groups excluding carboxylic acids is 1. The van der Waals surface area contributed by atoms with Crippen LogP contribution in [0.2, 0.25) is 0 Å². The first-order valence-corrected chi connectivity index (χ1v) is 8.45. The highest BCUT2D eigenvalue weighted by molar-refractivity contribution is 7.22. The van der Waals surface area contributed by atoms with Gasteiger partial charge in [0.2, 0.25) is 11.7 Å². The van der Waals surface area contributed by atoms with Crippen LogP contribution in [-0.4, -0.2) is 31.1 Å². The zero-order valence-electron chi connectivity index (χ0n) is 11.7. The molecule has 0 unspecified atom stereocenters. The number of para-hydroxylation sites is 1. The first kappa shape index (κ1) is 14.0. The van der Waals surface area contributed by atoms with E-state index in [0.717, 1.165) is 15.1 Å². The van der Waals surface area contributed by atoms with E-state index in [4.69, 9.17) is 0 Å². The van der Waals surface area contributed by atoms with E-state index in [2.05, 4.69) is 25.7 Å². The van der Waals surface area contributed by atoms with Gasteiger partial charge in [0.05, 0.1) is 15.1 Å². The van der Waals surface area contributed by atoms with Gasteiger partial charge in [-0.15, -0.1) is 21.5 Å². The summed E-state index contributed by atoms with van der Waals surface area (Å²) in [6.07, 6.45) is 0. The number of anilines is 1. The van der Waals surface area contributed by atoms with E-state index in [9.17, 15) is 4.79 Å². The van der Waals surface area contributed by atoms with Gasteiger partial charge in [-0.2, -0.15) is 4.80 Å². The van der Waals surface area contributed by atoms with E-state index in [1.807, 2.05) is 41.8 Å². The molecule has 3 heterocycles. The van der Waals surface area contributed by atoms with Crippen molar-refractivity contribution in [3.05, 3.63) is 41.8 Å². The molecule has 9 heteroatoms. The smallest absolute Gasteiger partial charge is 0.249 e. The van der Waals surface area contributed by atoms with Gasteiger partial charge in [0.25, 0.3) is 0 Å². The first-order chi connectivity index (χ1) is 11.3. The van der Waals surface area contributed by atoms with E-state index < -0.39 is 0 Å². The van der Waals surface area contributed by atoms with Gasteiger partial charge in [-0.05, 0) is 28.8 Å². The third-order valence-electron chi connectivity index (χ3n) is 3.02. The lowest BCUT2D eigenvalue weighted by molar-refractivity contribution is -0.117. The zero-order chi connectivity index (χ0) is 15.6. The Morgan fingerprint density at radius 1 is 1.22 bits per heavy atom. The molecule has 0 bridgehead atoms. The lowest BCUT2D eigenvalue weighted by atomic mass is 10.3. The molecule has 0 fully saturated rings. The number of aromatic nitrogens is 5. The summed E-state index contributed by atoms with van der Waals surface area (Å²) in [5.41, 5.74) is 0.867. The van der Waals surface area contributed by atoms with Crippen LogP contribution >= 0.6 is 22.7 Å². The lowest BCUT2D eigenvalue weighted by Crippen LogP contribution is -2.20. The third-order valence-corrected chi connectivity index (χ3v) is 4.84. The molecule has 3 aromatic heterocycles. The maximum absolute atomic E-state index is 12.1. The highest BCUT2D eigenvalue weighted by atomic mass is 32.1. The number of benzene rings is 1. The molecule has 0 aliphatic rings. The largest absolute Gasteiger partial charge is 0.300 e. The van der Waals surface area contributed by atoms with Gasteiger partial charge in [-0.1, -0.05) is 29.5 Å². The topological polar surface area (TPSA) is 85.6 Å². The molecule has 114 valence electrons. The second kappa shape index (κ2) is 5.86. The highest BCUT2D eigenvalue weighted by Gasteiger charge is 2.12. The number of hydrogen-bond acceptors (Lipinski definition) is 7. The van der Waals surface area contributed by atoms with Crippen LogP contribution in [0.4, 0.5) is 5.13 Å². The molecule has 23 heavy (non-hydrogen) atoms. The maximum Gasteiger partial charge on any atom is 0.249 e. The van der Waals surface area contributed by atoms with Crippen LogP contribution in [0, 0.1) is 0 Å². The Balaban J connectivity index is 1.45. The summed E-state index contributed by atoms with van der Waals surface area (Å²) in [5.74, 6) is 0.284. The molecule has 0 aliphatic carbocycles. The minimum Gasteiger partial charge on any atom is -0.300 e. The van der Waals surface area contributed by atoms with Crippen LogP contribution in [0.3, 0.4) is 0 Å². The Hall–Kier alpha value is -2.65. The molecule has 1 amide bonds. The number of tetrazole rings is 1. The molecule has 1 aromatic carbocycles. The second-order valence-electron chi connectivity index (χ2n) is 4.66. The summed E-state index contributed by atoms with van der Waals surface area (Å²) in [6, 6.07) is 11.6. The Morgan fingerprint density at radius 3 is 2.96 bits per heavy atom. The Morgan fingerprint density at radius 2 is 2.13 bits per heavy atom. The average molecular weight is 342 g/mol. The monoisotopic (exact) mass is 342 g/mol. The van der Waals surface area contributed by atoms with Gasteiger partial charge in [0.1, 0.15) is 6.54 Å². The number of amides is 1. The molecule has 0 saturated carbocycles. The number of hydrogen-bond donors (Lipinski definition) is 1. The van der Waals surface area contributed by atoms with E-state index in [1.165, 1.54) is 27.5 Å². The van der Waals surface area contributed by atoms with E-state index >= 15 is 0 Å². The quantitative estimate of drug-likeness (QED) is 0.616. The first-order valence-electron chi connectivity index (χ1n) is 6.75. The van der Waals surface area contributed by atoms with Crippen LogP contribution in [0.25, 0.3) is 20.9 Å². The van der Waals surface area contributed by atoms with Crippen LogP contribution in [0.5, 0.6) is 0 Å². The molecule has 7 nitrogen and oxygen atoms in total. The standard InChI is InChI=1S/C14H10N6OS2/c21-12(16-14-15-9-4-1-2-5-10(9)23-14)8-20-18-13(17-19-20)11-6-3-7-22-11/h1-7H,8H2,(H,15,16,21). The fourth-order valence-corrected chi connectivity index (χ4v) is 3.56. The Bertz CT molecular complexity index is 926. The average Bonchev–Trinajstić information content (AvgIpc) is 3.26. The lowest BCUT2D eigenvalue weighted by Gasteiger charge is -1.99. The van der Waals surface area contributed by atoms with E-state index in [1.54, 1.807) is 0 Å². The number of fused-ring (bicyclic) bond motifs is 1. The van der Waals surface area contributed by atoms with Crippen LogP contribution < -0.4 is 5.32 Å². The van der Waals surface area contributed by atoms with Crippen molar-refractivity contribution in [1.82, 2.24) is 25.2 Å². The molecular weight excluding hydrogens is 332 g/mol. The molecule has 0 saturated heterocycles. The SMILES string of the molecule is O=C(Cn1nnc(-c2cccs2)n1)Nc1nc2ccccc2s1. The molecule has 0 atom stereocenters. The zero-order valence-corrected chi connectivity index (χ0v) is 13.3. The van der Waals surface area contributed by atoms with E-state index in [0.29, 0.717) is 11.0 Å². The number of thiazole rings is 1. The minimum absolute atomic E-state index is 0.00565. The van der Waals surface area contributed by atoms with Crippen molar-refractivity contribution in [2.24, 2.45) is 0 Å². The number of rotatable bonds is 4. The van der Waals surface area contributed by atoms with Crippen LogP contribution in [0.15, 0.2) is 41.8 Å². The Kier molecular flexibility index (Phi) is 3.56. The van der Waals surface area contributed by atoms with Gasteiger partial charge < -0.3 is 5.32 Å². The highest BCUT2D eigenvalue weighted by Crippen LogP contribution is 2.25. The minimum atomic E-state index is -0.237. The summed E-state index contributed by atoms with van der Waals surface area (Å²) in [6.45, 7) is -0.00565. The summed E-state index contributed by atoms with van der Waals surface area (Å²) in [4.78, 5) is 18.6. The molecule has 4 aromatic rings. The molecule has 0 radical (unpaired) electrons. The predicted octanol–water partition coefficient (Wildman–Crippen LogP) is 2.65. The summed E-state index contributed by atoms with van der Waals surface area (Å²) in [5, 5.41) is 17.3. The van der Waals surface area contributed by atoms with Crippen molar-refractivity contribution in [1.29, 1.82) is 0 Å². The van der Waals surface area contributed by atoms with Gasteiger partial charge in [0.15, 0.2) is 5.13 Å². The van der Waals surface area contributed by atoms with Crippen LogP contribution in [-0.2, 0) is 11.3 Å². The fourth-order valence-electron chi connectivity index (χ4n) is 2.03. The summed E-state index contributed by atoms with van der Waals surface area (Å²) < 4.78 is 1.03. The maximum atomic E-state index is 12.1. The van der Waals surface area contributed by atoms with Crippen molar-refractivity contribution in [2.45, 2.75) is 6.54 Å². The molecular formula is C14H10N6OS2. The third kappa shape index (κ3) is 2.96. The fraction of sp³-hybridized carbons (Fsp3) is 0.0714. The van der Waals surface area contributed by atoms with Crippen molar-refractivity contribution >= 4 is 43.9 Å². The predicted molar refractivity (Wildman–Crippen MR) is 89.4 cm³/mol. The van der Waals surface area contributed by atoms with Crippen molar-refractivity contribution in [3.8, 4) is 10.7 Å². The molecule has 0 spiro atoms. The van der Waals surface area contributed by atoms with Gasteiger partial charge >= 0.3 is 0 Å². The molecule has 0 aliphatic heterocycles. The number of carbonyl (C=O) groups is 1. The van der Waals surface area contributed by atoms with E-state index in [-0.39, 0.29) is 12.5 Å². The Labute approximate surface area is 138 Å². The molecule has 4 rings (SSSR count). The van der Waals surface area contributed by atoms with Gasteiger partial charge in [0, 0.05) is 0 Å². The van der Waals surface area contributed by atoms with Gasteiger partial charge in [-0.25, -0.2) is 4.98 Å². The number of nitrogens with zero attached hydrogens (tertiary/aromatic N) is 5. The normalized spacial score (nSPS) is 11.0. The van der Waals surface area contributed by atoms with Crippen molar-refractivity contribution in [2.75, 3.05) is 5.32 Å². The summed E-state index contributed by atoms with van der Waals surface area (Å²) >= 11 is 2.96. The van der Waals surface area contributed by atoms with Crippen molar-refractivity contribution < 1.29 is 4.79 Å². The van der Waals surface area contributed by atoms with Gasteiger partial charge in [-0.3, -0.25) is 4.79 Å². The summed E-state index contributed by atoms with van der Waals surface area (Å²) in [7, 11) is 0. The number of nitrogens with one attached hydrogen (secondary N) is 1.